The molecule has 0 fully saturated rings. The van der Waals surface area contributed by atoms with Gasteiger partial charge in [0, 0.05) is 49.3 Å². The number of carbonyl (C=O) groups excluding carboxylic acids is 1. The van der Waals surface area contributed by atoms with E-state index in [1.165, 1.54) is 0 Å². The minimum Gasteiger partial charge on any atom is -0.377 e. The van der Waals surface area contributed by atoms with Gasteiger partial charge in [0.15, 0.2) is 0 Å². The van der Waals surface area contributed by atoms with Gasteiger partial charge in [0.25, 0.3) is 0 Å². The molecule has 0 heterocycles. The van der Waals surface area contributed by atoms with Crippen LogP contribution in [0.15, 0.2) is 71.6 Å². The molecule has 0 aromatic heterocycles. The first-order chi connectivity index (χ1) is 14.8. The lowest BCUT2D eigenvalue weighted by molar-refractivity contribution is -0.116. The molecule has 0 radical (unpaired) electrons. The van der Waals surface area contributed by atoms with Gasteiger partial charge in [-0.1, -0.05) is 42.5 Å². The number of amides is 1. The van der Waals surface area contributed by atoms with E-state index in [0.717, 1.165) is 16.8 Å². The summed E-state index contributed by atoms with van der Waals surface area (Å²) < 4.78 is 28.7. The summed E-state index contributed by atoms with van der Waals surface area (Å²) in [5.74, 6) is -0.0344. The summed E-state index contributed by atoms with van der Waals surface area (Å²) in [6.45, 7) is 0.613. The Hall–Kier alpha value is -2.55. The Labute approximate surface area is 189 Å². The van der Waals surface area contributed by atoms with Crippen LogP contribution in [0.4, 0.5) is 11.4 Å². The highest BCUT2D eigenvalue weighted by molar-refractivity contribution is 7.89. The van der Waals surface area contributed by atoms with Crippen molar-refractivity contribution in [3.63, 3.8) is 0 Å². The maximum absolute atomic E-state index is 13.0. The lowest BCUT2D eigenvalue weighted by Gasteiger charge is -2.22. The fourth-order valence-electron chi connectivity index (χ4n) is 3.50. The van der Waals surface area contributed by atoms with Crippen LogP contribution < -0.4 is 14.5 Å². The second-order valence-corrected chi connectivity index (χ2v) is 9.36. The van der Waals surface area contributed by atoms with Gasteiger partial charge in [0.2, 0.25) is 15.9 Å². The number of hydrogen-bond acceptors (Lipinski definition) is 5. The van der Waals surface area contributed by atoms with E-state index < -0.39 is 10.0 Å². The zero-order valence-corrected chi connectivity index (χ0v) is 19.4. The zero-order valence-electron chi connectivity index (χ0n) is 17.7. The number of nitrogens with zero attached hydrogens (tertiary/aromatic N) is 2. The van der Waals surface area contributed by atoms with E-state index in [1.807, 2.05) is 73.6 Å². The summed E-state index contributed by atoms with van der Waals surface area (Å²) in [4.78, 5) is 16.1. The van der Waals surface area contributed by atoms with Crippen LogP contribution in [0.2, 0.25) is 0 Å². The minimum absolute atomic E-state index is 0.0881. The summed E-state index contributed by atoms with van der Waals surface area (Å²) in [6, 6.07) is 20.2. The lowest BCUT2D eigenvalue weighted by atomic mass is 10.1. The summed E-state index contributed by atoms with van der Waals surface area (Å²) >= 11 is 4.09. The van der Waals surface area contributed by atoms with Crippen molar-refractivity contribution in [3.8, 4) is 0 Å². The highest BCUT2D eigenvalue weighted by atomic mass is 32.2. The average Bonchev–Trinajstić information content (AvgIpc) is 2.78. The van der Waals surface area contributed by atoms with Gasteiger partial charge in [-0.05, 0) is 30.7 Å². The first-order valence-corrected chi connectivity index (χ1v) is 12.1. The number of carbonyl (C=O) groups is 1. The van der Waals surface area contributed by atoms with Crippen molar-refractivity contribution in [1.29, 1.82) is 0 Å². The third-order valence-corrected chi connectivity index (χ3v) is 6.77. The quantitative estimate of drug-likeness (QED) is 0.381. The Bertz CT molecular complexity index is 1150. The number of sulfonamides is 1. The molecule has 0 unspecified atom stereocenters. The second kappa shape index (κ2) is 10.2. The number of hydrogen-bond donors (Lipinski definition) is 2. The fraction of sp³-hybridized carbons (Fsp3) is 0.261. The molecule has 164 valence electrons. The highest BCUT2D eigenvalue weighted by Gasteiger charge is 2.19. The smallest absolute Gasteiger partial charge is 0.241 e. The second-order valence-electron chi connectivity index (χ2n) is 7.31. The van der Waals surface area contributed by atoms with E-state index in [2.05, 4.69) is 17.4 Å². The standard InChI is InChI=1S/C23H27N3O3S2/c1-25(2)21-13-6-12-20-19(21)11-7-14-22(20)31(28,29)24-15-8-16-26(23(27)17-30)18-9-4-3-5-10-18/h3-7,9-14,24,30H,8,15-17H2,1-2H3. The first kappa shape index (κ1) is 23.1. The SMILES string of the molecule is CN(C)c1cccc2c(S(=O)(=O)NCCCN(C(=O)CS)c3ccccc3)cccc12. The van der Waals surface area contributed by atoms with Gasteiger partial charge in [0.05, 0.1) is 10.6 Å². The van der Waals surface area contributed by atoms with Crippen LogP contribution >= 0.6 is 12.6 Å². The molecule has 0 atom stereocenters. The van der Waals surface area contributed by atoms with E-state index >= 15 is 0 Å². The number of fused-ring (bicyclic) bond motifs is 1. The largest absolute Gasteiger partial charge is 0.377 e. The Morgan fingerprint density at radius 2 is 1.61 bits per heavy atom. The van der Waals surface area contributed by atoms with Crippen molar-refractivity contribution in [1.82, 2.24) is 4.72 Å². The van der Waals surface area contributed by atoms with Crippen molar-refractivity contribution in [2.45, 2.75) is 11.3 Å². The van der Waals surface area contributed by atoms with E-state index in [-0.39, 0.29) is 23.1 Å². The molecule has 0 aliphatic rings. The van der Waals surface area contributed by atoms with Crippen LogP contribution in [0.25, 0.3) is 10.8 Å². The molecule has 3 aromatic carbocycles. The van der Waals surface area contributed by atoms with Gasteiger partial charge in [0.1, 0.15) is 0 Å². The Morgan fingerprint density at radius 1 is 0.935 bits per heavy atom. The number of rotatable bonds is 9. The van der Waals surface area contributed by atoms with E-state index in [0.29, 0.717) is 18.4 Å². The summed E-state index contributed by atoms with van der Waals surface area (Å²) in [5.41, 5.74) is 1.73. The van der Waals surface area contributed by atoms with Gasteiger partial charge in [-0.25, -0.2) is 13.1 Å². The van der Waals surface area contributed by atoms with Gasteiger partial charge >= 0.3 is 0 Å². The molecule has 0 saturated heterocycles. The molecule has 1 N–H and O–H groups in total. The van der Waals surface area contributed by atoms with Gasteiger partial charge in [-0.2, -0.15) is 12.6 Å². The molecule has 8 heteroatoms. The molecule has 0 aliphatic carbocycles. The van der Waals surface area contributed by atoms with Crippen molar-refractivity contribution < 1.29 is 13.2 Å². The van der Waals surface area contributed by atoms with Crippen molar-refractivity contribution >= 4 is 50.7 Å². The molecule has 0 bridgehead atoms. The average molecular weight is 458 g/mol. The topological polar surface area (TPSA) is 69.7 Å². The Balaban J connectivity index is 1.73. The maximum Gasteiger partial charge on any atom is 0.241 e. The van der Waals surface area contributed by atoms with Crippen molar-refractivity contribution in [2.75, 3.05) is 42.7 Å². The molecule has 31 heavy (non-hydrogen) atoms. The number of thiol groups is 1. The molecule has 0 saturated carbocycles. The van der Waals surface area contributed by atoms with Crippen LogP contribution in [-0.4, -0.2) is 47.3 Å². The number of para-hydroxylation sites is 1. The van der Waals surface area contributed by atoms with Crippen LogP contribution in [-0.2, 0) is 14.8 Å². The molecule has 3 rings (SSSR count). The van der Waals surface area contributed by atoms with Gasteiger partial charge in [-0.15, -0.1) is 0 Å². The zero-order chi connectivity index (χ0) is 22.4. The number of nitrogens with one attached hydrogen (secondary N) is 1. The van der Waals surface area contributed by atoms with Crippen LogP contribution in [0.3, 0.4) is 0 Å². The molecule has 0 aliphatic heterocycles. The van der Waals surface area contributed by atoms with E-state index in [4.69, 9.17) is 0 Å². The van der Waals surface area contributed by atoms with Crippen LogP contribution in [0, 0.1) is 0 Å². The molecular weight excluding hydrogens is 430 g/mol. The van der Waals surface area contributed by atoms with Crippen molar-refractivity contribution in [3.05, 3.63) is 66.7 Å². The lowest BCUT2D eigenvalue weighted by Crippen LogP contribution is -2.35. The van der Waals surface area contributed by atoms with E-state index in [1.54, 1.807) is 17.0 Å². The normalized spacial score (nSPS) is 11.5. The molecular formula is C23H27N3O3S2. The number of anilines is 2. The summed E-state index contributed by atoms with van der Waals surface area (Å²) in [7, 11) is 0.154. The maximum atomic E-state index is 13.0. The third kappa shape index (κ3) is 5.39. The predicted octanol–water partition coefficient (Wildman–Crippen LogP) is 3.54. The third-order valence-electron chi connectivity index (χ3n) is 4.99. The monoisotopic (exact) mass is 457 g/mol. The first-order valence-electron chi connectivity index (χ1n) is 10.00. The Morgan fingerprint density at radius 3 is 2.29 bits per heavy atom. The fourth-order valence-corrected chi connectivity index (χ4v) is 4.97. The minimum atomic E-state index is -3.70. The summed E-state index contributed by atoms with van der Waals surface area (Å²) in [5, 5.41) is 1.56. The molecule has 3 aromatic rings. The van der Waals surface area contributed by atoms with Crippen LogP contribution in [0.1, 0.15) is 6.42 Å². The number of benzene rings is 3. The molecule has 1 amide bonds. The molecule has 6 nitrogen and oxygen atoms in total. The highest BCUT2D eigenvalue weighted by Crippen LogP contribution is 2.30. The van der Waals surface area contributed by atoms with Crippen molar-refractivity contribution in [2.24, 2.45) is 0 Å². The molecule has 0 spiro atoms. The summed E-state index contributed by atoms with van der Waals surface area (Å²) in [6.07, 6.45) is 0.474. The van der Waals surface area contributed by atoms with Crippen LogP contribution in [0.5, 0.6) is 0 Å². The van der Waals surface area contributed by atoms with E-state index in [9.17, 15) is 13.2 Å². The Kier molecular flexibility index (Phi) is 7.59. The van der Waals surface area contributed by atoms with Gasteiger partial charge in [-0.3, -0.25) is 4.79 Å². The van der Waals surface area contributed by atoms with Gasteiger partial charge < -0.3 is 9.80 Å². The predicted molar refractivity (Wildman–Crippen MR) is 131 cm³/mol.